The van der Waals surface area contributed by atoms with Gasteiger partial charge in [-0.05, 0) is 0 Å². The highest BCUT2D eigenvalue weighted by molar-refractivity contribution is 7.90. The van der Waals surface area contributed by atoms with Crippen molar-refractivity contribution in [3.8, 4) is 0 Å². The SMILES string of the molecule is CC(C)C(=O)NS(=O)(=O)CCNC(=O)c1cncs1. The molecule has 19 heavy (non-hydrogen) atoms. The summed E-state index contributed by atoms with van der Waals surface area (Å²) < 4.78 is 25.0. The van der Waals surface area contributed by atoms with E-state index in [9.17, 15) is 18.0 Å². The molecule has 0 aliphatic rings. The lowest BCUT2D eigenvalue weighted by Gasteiger charge is -2.09. The van der Waals surface area contributed by atoms with Gasteiger partial charge in [-0.3, -0.25) is 19.3 Å². The largest absolute Gasteiger partial charge is 0.350 e. The molecule has 2 amide bonds. The monoisotopic (exact) mass is 305 g/mol. The van der Waals surface area contributed by atoms with E-state index < -0.39 is 21.8 Å². The average Bonchev–Trinajstić information content (AvgIpc) is 2.81. The van der Waals surface area contributed by atoms with Gasteiger partial charge in [-0.25, -0.2) is 8.42 Å². The first-order valence-corrected chi connectivity index (χ1v) is 8.06. The van der Waals surface area contributed by atoms with E-state index in [-0.39, 0.29) is 18.2 Å². The molecule has 0 aliphatic heterocycles. The van der Waals surface area contributed by atoms with Crippen molar-refractivity contribution >= 4 is 33.2 Å². The number of amides is 2. The summed E-state index contributed by atoms with van der Waals surface area (Å²) in [5, 5.41) is 2.44. The second-order valence-electron chi connectivity index (χ2n) is 4.06. The van der Waals surface area contributed by atoms with Crippen molar-refractivity contribution in [2.45, 2.75) is 13.8 Å². The van der Waals surface area contributed by atoms with Gasteiger partial charge in [0, 0.05) is 12.5 Å². The fraction of sp³-hybridized carbons (Fsp3) is 0.500. The Morgan fingerprint density at radius 3 is 2.63 bits per heavy atom. The zero-order chi connectivity index (χ0) is 14.5. The van der Waals surface area contributed by atoms with E-state index in [1.807, 2.05) is 4.72 Å². The molecule has 7 nitrogen and oxygen atoms in total. The standard InChI is InChI=1S/C10H15N3O4S2/c1-7(2)9(14)13-19(16,17)4-3-12-10(15)8-5-11-6-18-8/h5-7H,3-4H2,1-2H3,(H,12,15)(H,13,14). The van der Waals surface area contributed by atoms with Gasteiger partial charge in [0.15, 0.2) is 0 Å². The lowest BCUT2D eigenvalue weighted by atomic mass is 10.2. The quantitative estimate of drug-likeness (QED) is 0.768. The van der Waals surface area contributed by atoms with Crippen LogP contribution in [0.3, 0.4) is 0 Å². The first-order valence-electron chi connectivity index (χ1n) is 5.53. The van der Waals surface area contributed by atoms with Crippen molar-refractivity contribution in [3.63, 3.8) is 0 Å². The van der Waals surface area contributed by atoms with E-state index >= 15 is 0 Å². The molecule has 1 heterocycles. The maximum atomic E-state index is 11.5. The summed E-state index contributed by atoms with van der Waals surface area (Å²) in [6.07, 6.45) is 1.40. The third-order valence-electron chi connectivity index (χ3n) is 2.09. The highest BCUT2D eigenvalue weighted by atomic mass is 32.2. The fourth-order valence-electron chi connectivity index (χ4n) is 1.04. The van der Waals surface area contributed by atoms with Crippen LogP contribution in [0, 0.1) is 5.92 Å². The van der Waals surface area contributed by atoms with Crippen molar-refractivity contribution in [2.24, 2.45) is 5.92 Å². The molecule has 0 spiro atoms. The number of carbonyl (C=O) groups is 2. The molecular weight excluding hydrogens is 290 g/mol. The topological polar surface area (TPSA) is 105 Å². The third kappa shape index (κ3) is 5.35. The number of hydrogen-bond donors (Lipinski definition) is 2. The summed E-state index contributed by atoms with van der Waals surface area (Å²) in [4.78, 5) is 26.9. The molecule has 1 aromatic rings. The van der Waals surface area contributed by atoms with Gasteiger partial charge < -0.3 is 5.32 Å². The van der Waals surface area contributed by atoms with Gasteiger partial charge >= 0.3 is 0 Å². The number of hydrogen-bond acceptors (Lipinski definition) is 6. The molecule has 9 heteroatoms. The predicted molar refractivity (Wildman–Crippen MR) is 71.2 cm³/mol. The number of sulfonamides is 1. The molecule has 0 aliphatic carbocycles. The van der Waals surface area contributed by atoms with Crippen LogP contribution in [0.15, 0.2) is 11.7 Å². The first kappa shape index (κ1) is 15.6. The van der Waals surface area contributed by atoms with Crippen LogP contribution in [-0.2, 0) is 14.8 Å². The van der Waals surface area contributed by atoms with Gasteiger partial charge in [-0.1, -0.05) is 13.8 Å². The maximum Gasteiger partial charge on any atom is 0.263 e. The van der Waals surface area contributed by atoms with Crippen LogP contribution < -0.4 is 10.0 Å². The molecule has 0 saturated carbocycles. The molecule has 0 saturated heterocycles. The Balaban J connectivity index is 2.40. The number of carbonyl (C=O) groups excluding carboxylic acids is 2. The van der Waals surface area contributed by atoms with E-state index in [2.05, 4.69) is 10.3 Å². The van der Waals surface area contributed by atoms with Crippen molar-refractivity contribution in [1.82, 2.24) is 15.0 Å². The van der Waals surface area contributed by atoms with Crippen LogP contribution in [0.1, 0.15) is 23.5 Å². The summed E-state index contributed by atoms with van der Waals surface area (Å²) in [5.41, 5.74) is 1.51. The van der Waals surface area contributed by atoms with E-state index in [1.165, 1.54) is 11.7 Å². The van der Waals surface area contributed by atoms with Crippen LogP contribution in [-0.4, -0.2) is 37.5 Å². The molecule has 106 valence electrons. The van der Waals surface area contributed by atoms with E-state index in [0.717, 1.165) is 11.3 Å². The average molecular weight is 305 g/mol. The third-order valence-corrected chi connectivity index (χ3v) is 4.12. The number of thiazole rings is 1. The zero-order valence-electron chi connectivity index (χ0n) is 10.5. The lowest BCUT2D eigenvalue weighted by Crippen LogP contribution is -2.39. The minimum atomic E-state index is -3.72. The summed E-state index contributed by atoms with van der Waals surface area (Å²) in [7, 11) is -3.72. The smallest absolute Gasteiger partial charge is 0.263 e. The number of nitrogens with zero attached hydrogens (tertiary/aromatic N) is 1. The normalized spacial score (nSPS) is 11.3. The maximum absolute atomic E-state index is 11.5. The minimum absolute atomic E-state index is 0.0720. The van der Waals surface area contributed by atoms with Gasteiger partial charge in [0.1, 0.15) is 4.88 Å². The minimum Gasteiger partial charge on any atom is -0.350 e. The lowest BCUT2D eigenvalue weighted by molar-refractivity contribution is -0.122. The molecule has 2 N–H and O–H groups in total. The van der Waals surface area contributed by atoms with Gasteiger partial charge in [0.05, 0.1) is 17.5 Å². The van der Waals surface area contributed by atoms with Crippen LogP contribution in [0.4, 0.5) is 0 Å². The van der Waals surface area contributed by atoms with Crippen molar-refractivity contribution in [2.75, 3.05) is 12.3 Å². The van der Waals surface area contributed by atoms with Crippen LogP contribution in [0.25, 0.3) is 0 Å². The summed E-state index contributed by atoms with van der Waals surface area (Å²) in [6, 6.07) is 0. The van der Waals surface area contributed by atoms with E-state index in [0.29, 0.717) is 4.88 Å². The van der Waals surface area contributed by atoms with Crippen LogP contribution in [0.5, 0.6) is 0 Å². The van der Waals surface area contributed by atoms with Gasteiger partial charge in [0.25, 0.3) is 5.91 Å². The number of rotatable bonds is 6. The second-order valence-corrected chi connectivity index (χ2v) is 6.79. The number of aromatic nitrogens is 1. The second kappa shape index (κ2) is 6.62. The highest BCUT2D eigenvalue weighted by Gasteiger charge is 2.17. The number of nitrogens with one attached hydrogen (secondary N) is 2. The molecule has 0 radical (unpaired) electrons. The molecule has 1 aromatic heterocycles. The predicted octanol–water partition coefficient (Wildman–Crippen LogP) is -0.0251. The Morgan fingerprint density at radius 2 is 2.11 bits per heavy atom. The molecule has 0 unspecified atom stereocenters. The van der Waals surface area contributed by atoms with Crippen molar-refractivity contribution in [3.05, 3.63) is 16.6 Å². The highest BCUT2D eigenvalue weighted by Crippen LogP contribution is 2.04. The van der Waals surface area contributed by atoms with Gasteiger partial charge in [-0.2, -0.15) is 0 Å². The van der Waals surface area contributed by atoms with Crippen molar-refractivity contribution < 1.29 is 18.0 Å². The van der Waals surface area contributed by atoms with E-state index in [4.69, 9.17) is 0 Å². The molecule has 0 fully saturated rings. The van der Waals surface area contributed by atoms with Gasteiger partial charge in [-0.15, -0.1) is 11.3 Å². The summed E-state index contributed by atoms with van der Waals surface area (Å²) in [5.74, 6) is -1.71. The summed E-state index contributed by atoms with van der Waals surface area (Å²) >= 11 is 1.16. The molecular formula is C10H15N3O4S2. The molecule has 1 rings (SSSR count). The van der Waals surface area contributed by atoms with E-state index in [1.54, 1.807) is 13.8 Å². The zero-order valence-corrected chi connectivity index (χ0v) is 12.2. The molecule has 0 bridgehead atoms. The Hall–Kier alpha value is -1.48. The van der Waals surface area contributed by atoms with Gasteiger partial charge in [0.2, 0.25) is 15.9 Å². The van der Waals surface area contributed by atoms with Crippen molar-refractivity contribution in [1.29, 1.82) is 0 Å². The molecule has 0 atom stereocenters. The Labute approximate surface area is 115 Å². The Kier molecular flexibility index (Phi) is 5.43. The summed E-state index contributed by atoms with van der Waals surface area (Å²) in [6.45, 7) is 3.12. The molecule has 0 aromatic carbocycles. The fourth-order valence-corrected chi connectivity index (χ4v) is 2.59. The van der Waals surface area contributed by atoms with Crippen LogP contribution in [0.2, 0.25) is 0 Å². The Bertz CT molecular complexity index is 537. The van der Waals surface area contributed by atoms with Crippen LogP contribution >= 0.6 is 11.3 Å². The first-order chi connectivity index (χ1) is 8.82. The Morgan fingerprint density at radius 1 is 1.42 bits per heavy atom.